The highest BCUT2D eigenvalue weighted by Gasteiger charge is 2.04. The molecule has 2 aromatic rings. The Morgan fingerprint density at radius 1 is 1.38 bits per heavy atom. The number of hydrogen-bond acceptors (Lipinski definition) is 3. The van der Waals surface area contributed by atoms with Crippen LogP contribution in [0, 0.1) is 6.92 Å². The van der Waals surface area contributed by atoms with E-state index in [2.05, 4.69) is 20.9 Å². The molecule has 0 aliphatic heterocycles. The van der Waals surface area contributed by atoms with Gasteiger partial charge in [0.05, 0.1) is 5.69 Å². The van der Waals surface area contributed by atoms with Crippen LogP contribution in [0.3, 0.4) is 0 Å². The molecule has 0 aliphatic carbocycles. The maximum Gasteiger partial charge on any atom is 0.354 e. The molecule has 82 valence electrons. The van der Waals surface area contributed by atoms with Crippen LogP contribution in [0.5, 0.6) is 0 Å². The van der Waals surface area contributed by atoms with Gasteiger partial charge in [-0.05, 0) is 30.7 Å². The Balaban J connectivity index is 2.67. The molecule has 2 N–H and O–H groups in total. The van der Waals surface area contributed by atoms with E-state index < -0.39 is 0 Å². The molecule has 0 amide bonds. The Labute approximate surface area is 101 Å². The fraction of sp³-hybridized carbons (Fsp3) is 0.0909. The number of hydrogen-bond donors (Lipinski definition) is 1. The monoisotopic (exact) mass is 279 g/mol. The molecule has 5 heteroatoms. The summed E-state index contributed by atoms with van der Waals surface area (Å²) in [5.41, 5.74) is 6.86. The largest absolute Gasteiger partial charge is 0.383 e. The van der Waals surface area contributed by atoms with Crippen LogP contribution in [0.2, 0.25) is 0 Å². The molecular formula is C11H10BrN3O. The molecule has 2 rings (SSSR count). The van der Waals surface area contributed by atoms with E-state index in [1.165, 1.54) is 4.57 Å². The fourth-order valence-corrected chi connectivity index (χ4v) is 1.79. The standard InChI is InChI=1S/C11H10BrN3O/c1-7-2-3-8(12)6-9(7)15-5-4-10(13)14-11(15)16/h2-6H,1H3,(H2,13,14,16). The lowest BCUT2D eigenvalue weighted by Crippen LogP contribution is -2.22. The molecular weight excluding hydrogens is 270 g/mol. The van der Waals surface area contributed by atoms with E-state index in [0.29, 0.717) is 0 Å². The number of benzene rings is 1. The number of aryl methyl sites for hydroxylation is 1. The zero-order valence-electron chi connectivity index (χ0n) is 8.64. The first-order valence-electron chi connectivity index (χ1n) is 4.69. The number of halogens is 1. The first kappa shape index (κ1) is 10.9. The highest BCUT2D eigenvalue weighted by Crippen LogP contribution is 2.18. The molecule has 0 atom stereocenters. The number of nitrogens with zero attached hydrogens (tertiary/aromatic N) is 2. The van der Waals surface area contributed by atoms with E-state index in [1.807, 2.05) is 25.1 Å². The van der Waals surface area contributed by atoms with Crippen LogP contribution in [0.4, 0.5) is 5.82 Å². The highest BCUT2D eigenvalue weighted by molar-refractivity contribution is 9.10. The SMILES string of the molecule is Cc1ccc(Br)cc1-n1ccc(N)nc1=O. The van der Waals surface area contributed by atoms with Gasteiger partial charge in [-0.1, -0.05) is 22.0 Å². The molecule has 0 aliphatic rings. The summed E-state index contributed by atoms with van der Waals surface area (Å²) >= 11 is 3.37. The van der Waals surface area contributed by atoms with Gasteiger partial charge >= 0.3 is 5.69 Å². The minimum Gasteiger partial charge on any atom is -0.383 e. The van der Waals surface area contributed by atoms with Crippen molar-refractivity contribution in [2.45, 2.75) is 6.92 Å². The van der Waals surface area contributed by atoms with Gasteiger partial charge in [0.2, 0.25) is 0 Å². The Hall–Kier alpha value is -1.62. The summed E-state index contributed by atoms with van der Waals surface area (Å²) in [6.07, 6.45) is 1.62. The molecule has 0 fully saturated rings. The summed E-state index contributed by atoms with van der Waals surface area (Å²) in [6.45, 7) is 1.94. The Kier molecular flexibility index (Phi) is 2.78. The van der Waals surface area contributed by atoms with Gasteiger partial charge in [-0.3, -0.25) is 4.57 Å². The van der Waals surface area contributed by atoms with Gasteiger partial charge in [0.1, 0.15) is 5.82 Å². The normalized spacial score (nSPS) is 10.4. The van der Waals surface area contributed by atoms with Gasteiger partial charge in [-0.15, -0.1) is 0 Å². The van der Waals surface area contributed by atoms with Crippen LogP contribution in [0.1, 0.15) is 5.56 Å². The second kappa shape index (κ2) is 4.09. The number of nitrogen functional groups attached to an aromatic ring is 1. The molecule has 0 saturated carbocycles. The highest BCUT2D eigenvalue weighted by atomic mass is 79.9. The lowest BCUT2D eigenvalue weighted by atomic mass is 10.2. The molecule has 1 aromatic carbocycles. The van der Waals surface area contributed by atoms with Crippen LogP contribution in [-0.2, 0) is 0 Å². The number of rotatable bonds is 1. The summed E-state index contributed by atoms with van der Waals surface area (Å²) in [5, 5.41) is 0. The van der Waals surface area contributed by atoms with E-state index in [-0.39, 0.29) is 11.5 Å². The molecule has 0 spiro atoms. The van der Waals surface area contributed by atoms with Crippen molar-refractivity contribution in [2.24, 2.45) is 0 Å². The van der Waals surface area contributed by atoms with Crippen molar-refractivity contribution in [1.82, 2.24) is 9.55 Å². The van der Waals surface area contributed by atoms with Crippen molar-refractivity contribution in [2.75, 3.05) is 5.73 Å². The van der Waals surface area contributed by atoms with Gasteiger partial charge < -0.3 is 5.73 Å². The molecule has 0 saturated heterocycles. The van der Waals surface area contributed by atoms with Gasteiger partial charge in [-0.25, -0.2) is 4.79 Å². The average molecular weight is 280 g/mol. The van der Waals surface area contributed by atoms with Crippen molar-refractivity contribution < 1.29 is 0 Å². The van der Waals surface area contributed by atoms with E-state index in [4.69, 9.17) is 5.73 Å². The van der Waals surface area contributed by atoms with Crippen molar-refractivity contribution in [3.63, 3.8) is 0 Å². The zero-order valence-corrected chi connectivity index (χ0v) is 10.2. The first-order chi connectivity index (χ1) is 7.58. The van der Waals surface area contributed by atoms with E-state index in [9.17, 15) is 4.79 Å². The lowest BCUT2D eigenvalue weighted by Gasteiger charge is -2.08. The maximum absolute atomic E-state index is 11.7. The van der Waals surface area contributed by atoms with Crippen molar-refractivity contribution in [1.29, 1.82) is 0 Å². The van der Waals surface area contributed by atoms with Crippen molar-refractivity contribution >= 4 is 21.7 Å². The molecule has 1 aromatic heterocycles. The van der Waals surface area contributed by atoms with Crippen LogP contribution >= 0.6 is 15.9 Å². The second-order valence-corrected chi connectivity index (χ2v) is 4.35. The third-order valence-electron chi connectivity index (χ3n) is 2.26. The van der Waals surface area contributed by atoms with Gasteiger partial charge in [0, 0.05) is 10.7 Å². The van der Waals surface area contributed by atoms with Gasteiger partial charge in [-0.2, -0.15) is 4.98 Å². The van der Waals surface area contributed by atoms with Crippen LogP contribution < -0.4 is 11.4 Å². The predicted octanol–water partition coefficient (Wildman–Crippen LogP) is 1.89. The Morgan fingerprint density at radius 3 is 2.81 bits per heavy atom. The van der Waals surface area contributed by atoms with E-state index >= 15 is 0 Å². The van der Waals surface area contributed by atoms with Gasteiger partial charge in [0.25, 0.3) is 0 Å². The zero-order chi connectivity index (χ0) is 11.7. The second-order valence-electron chi connectivity index (χ2n) is 3.44. The Bertz CT molecular complexity index is 592. The molecule has 1 heterocycles. The summed E-state index contributed by atoms with van der Waals surface area (Å²) < 4.78 is 2.38. The van der Waals surface area contributed by atoms with Crippen LogP contribution in [-0.4, -0.2) is 9.55 Å². The average Bonchev–Trinajstić information content (AvgIpc) is 2.22. The summed E-state index contributed by atoms with van der Waals surface area (Å²) in [7, 11) is 0. The quantitative estimate of drug-likeness (QED) is 0.867. The fourth-order valence-electron chi connectivity index (χ4n) is 1.44. The topological polar surface area (TPSA) is 60.9 Å². The van der Waals surface area contributed by atoms with Crippen LogP contribution in [0.25, 0.3) is 5.69 Å². The Morgan fingerprint density at radius 2 is 2.12 bits per heavy atom. The maximum atomic E-state index is 11.7. The summed E-state index contributed by atoms with van der Waals surface area (Å²) in [6, 6.07) is 7.33. The molecule has 0 unspecified atom stereocenters. The third kappa shape index (κ3) is 1.99. The number of aromatic nitrogens is 2. The van der Waals surface area contributed by atoms with E-state index in [0.717, 1.165) is 15.7 Å². The van der Waals surface area contributed by atoms with Crippen molar-refractivity contribution in [3.8, 4) is 5.69 Å². The van der Waals surface area contributed by atoms with Gasteiger partial charge in [0.15, 0.2) is 0 Å². The molecule has 0 radical (unpaired) electrons. The van der Waals surface area contributed by atoms with E-state index in [1.54, 1.807) is 12.3 Å². The molecule has 16 heavy (non-hydrogen) atoms. The summed E-state index contributed by atoms with van der Waals surface area (Å²) in [4.78, 5) is 15.4. The minimum absolute atomic E-state index is 0.230. The summed E-state index contributed by atoms with van der Waals surface area (Å²) in [5.74, 6) is 0.230. The predicted molar refractivity (Wildman–Crippen MR) is 66.7 cm³/mol. The molecule has 0 bridgehead atoms. The number of anilines is 1. The smallest absolute Gasteiger partial charge is 0.354 e. The number of nitrogens with two attached hydrogens (primary N) is 1. The molecule has 4 nitrogen and oxygen atoms in total. The first-order valence-corrected chi connectivity index (χ1v) is 5.49. The lowest BCUT2D eigenvalue weighted by molar-refractivity contribution is 0.911. The third-order valence-corrected chi connectivity index (χ3v) is 2.75. The van der Waals surface area contributed by atoms with Crippen LogP contribution in [0.15, 0.2) is 39.7 Å². The minimum atomic E-state index is -0.374. The van der Waals surface area contributed by atoms with Crippen molar-refractivity contribution in [3.05, 3.63) is 51.0 Å².